The Balaban J connectivity index is 0.00000162. The van der Waals surface area contributed by atoms with Gasteiger partial charge in [-0.2, -0.15) is 0 Å². The molecule has 0 saturated carbocycles. The van der Waals surface area contributed by atoms with E-state index in [1.165, 1.54) is 5.56 Å². The molecule has 100 valence electrons. The zero-order chi connectivity index (χ0) is 11.9. The highest BCUT2D eigenvalue weighted by molar-refractivity contribution is 8.00. The molecule has 1 aliphatic heterocycles. The summed E-state index contributed by atoms with van der Waals surface area (Å²) in [5.41, 5.74) is 1.26. The number of aliphatic imine (C=N–C) groups is 1. The lowest BCUT2D eigenvalue weighted by Crippen LogP contribution is -2.04. The number of nitrogens with zero attached hydrogens (tertiary/aromatic N) is 1. The van der Waals surface area contributed by atoms with Gasteiger partial charge in [0.2, 0.25) is 0 Å². The molecule has 1 aliphatic rings. The van der Waals surface area contributed by atoms with E-state index in [4.69, 9.17) is 16.3 Å². The van der Waals surface area contributed by atoms with Crippen LogP contribution in [0.5, 0.6) is 0 Å². The summed E-state index contributed by atoms with van der Waals surface area (Å²) in [6.45, 7) is 0.777. The van der Waals surface area contributed by atoms with E-state index in [1.54, 1.807) is 11.8 Å². The standard InChI is InChI=1S/C13H16ClNOS.H4Si/c14-12-7-2-1-5-11(12)6-3-4-9-16-13-15-8-10-17-13;/h1-2,5,7-8,13H,3-4,6,9-10H2;1H4. The van der Waals surface area contributed by atoms with Crippen molar-refractivity contribution in [2.45, 2.75) is 24.8 Å². The molecule has 0 aliphatic carbocycles. The summed E-state index contributed by atoms with van der Waals surface area (Å²) in [5.74, 6) is 0.976. The van der Waals surface area contributed by atoms with Crippen LogP contribution in [0.15, 0.2) is 29.3 Å². The van der Waals surface area contributed by atoms with Crippen LogP contribution < -0.4 is 0 Å². The van der Waals surface area contributed by atoms with E-state index >= 15 is 0 Å². The van der Waals surface area contributed by atoms with Crippen molar-refractivity contribution in [1.29, 1.82) is 0 Å². The fourth-order valence-electron chi connectivity index (χ4n) is 1.69. The summed E-state index contributed by atoms with van der Waals surface area (Å²) in [6.07, 6.45) is 5.09. The molecule has 0 saturated heterocycles. The van der Waals surface area contributed by atoms with Crippen molar-refractivity contribution in [2.75, 3.05) is 12.4 Å². The predicted octanol–water partition coefficient (Wildman–Crippen LogP) is 2.33. The van der Waals surface area contributed by atoms with Crippen LogP contribution in [0, 0.1) is 0 Å². The Morgan fingerprint density at radius 2 is 2.17 bits per heavy atom. The van der Waals surface area contributed by atoms with Gasteiger partial charge in [0, 0.05) is 17.0 Å². The van der Waals surface area contributed by atoms with Gasteiger partial charge in [0.15, 0.2) is 5.56 Å². The molecule has 1 aromatic rings. The summed E-state index contributed by atoms with van der Waals surface area (Å²) >= 11 is 7.82. The molecule has 0 spiro atoms. The first-order valence-corrected chi connectivity index (χ1v) is 7.27. The highest BCUT2D eigenvalue weighted by Gasteiger charge is 2.10. The second kappa shape index (κ2) is 8.75. The van der Waals surface area contributed by atoms with Crippen LogP contribution in [-0.2, 0) is 11.2 Å². The molecule has 0 amide bonds. The first kappa shape index (κ1) is 15.8. The Morgan fingerprint density at radius 3 is 2.89 bits per heavy atom. The molecule has 1 heterocycles. The van der Waals surface area contributed by atoms with Crippen molar-refractivity contribution in [2.24, 2.45) is 4.99 Å². The summed E-state index contributed by atoms with van der Waals surface area (Å²) in [4.78, 5) is 4.20. The largest absolute Gasteiger partial charge is 0.347 e. The fraction of sp³-hybridized carbons (Fsp3) is 0.462. The van der Waals surface area contributed by atoms with Gasteiger partial charge in [-0.1, -0.05) is 29.8 Å². The monoisotopic (exact) mass is 301 g/mol. The maximum Gasteiger partial charge on any atom is 0.196 e. The predicted molar refractivity (Wildman–Crippen MR) is 86.4 cm³/mol. The van der Waals surface area contributed by atoms with Gasteiger partial charge in [-0.15, -0.1) is 11.8 Å². The number of ether oxygens (including phenoxy) is 1. The van der Waals surface area contributed by atoms with Crippen LogP contribution >= 0.6 is 23.4 Å². The van der Waals surface area contributed by atoms with E-state index in [1.807, 2.05) is 24.4 Å². The first-order chi connectivity index (χ1) is 8.36. The second-order valence-corrected chi connectivity index (χ2v) is 5.37. The lowest BCUT2D eigenvalue weighted by molar-refractivity contribution is 0.116. The minimum absolute atomic E-state index is 0. The van der Waals surface area contributed by atoms with Crippen molar-refractivity contribution in [3.63, 3.8) is 0 Å². The zero-order valence-electron chi connectivity index (χ0n) is 9.64. The fourth-order valence-corrected chi connectivity index (χ4v) is 2.62. The number of benzene rings is 1. The lowest BCUT2D eigenvalue weighted by Gasteiger charge is -2.08. The lowest BCUT2D eigenvalue weighted by atomic mass is 10.1. The third kappa shape index (κ3) is 5.14. The number of rotatable bonds is 6. The molecule has 0 N–H and O–H groups in total. The van der Waals surface area contributed by atoms with Gasteiger partial charge in [0.05, 0.1) is 6.61 Å². The van der Waals surface area contributed by atoms with Gasteiger partial charge in [0.25, 0.3) is 0 Å². The summed E-state index contributed by atoms with van der Waals surface area (Å²) in [5, 5.41) is 0.865. The van der Waals surface area contributed by atoms with Crippen LogP contribution in [0.25, 0.3) is 0 Å². The summed E-state index contributed by atoms with van der Waals surface area (Å²) < 4.78 is 5.60. The molecule has 1 aromatic carbocycles. The minimum Gasteiger partial charge on any atom is -0.347 e. The van der Waals surface area contributed by atoms with Gasteiger partial charge in [-0.05, 0) is 41.9 Å². The third-order valence-electron chi connectivity index (χ3n) is 2.60. The first-order valence-electron chi connectivity index (χ1n) is 5.84. The van der Waals surface area contributed by atoms with E-state index in [-0.39, 0.29) is 16.5 Å². The van der Waals surface area contributed by atoms with Crippen molar-refractivity contribution < 1.29 is 4.74 Å². The normalized spacial score (nSPS) is 17.7. The number of unbranched alkanes of at least 4 members (excludes halogenated alkanes) is 1. The minimum atomic E-state index is 0. The number of halogens is 1. The van der Waals surface area contributed by atoms with Crippen LogP contribution in [0.4, 0.5) is 0 Å². The van der Waals surface area contributed by atoms with Crippen molar-refractivity contribution >= 4 is 40.5 Å². The molecular formula is C13H20ClNOSSi. The van der Waals surface area contributed by atoms with E-state index in [2.05, 4.69) is 11.1 Å². The SMILES string of the molecule is Clc1ccccc1CCCCOC1N=CCS1.[SiH4]. The second-order valence-electron chi connectivity index (χ2n) is 3.89. The Morgan fingerprint density at radius 1 is 1.33 bits per heavy atom. The average molecular weight is 302 g/mol. The zero-order valence-corrected chi connectivity index (χ0v) is 11.2. The van der Waals surface area contributed by atoms with E-state index in [9.17, 15) is 0 Å². The molecular weight excluding hydrogens is 282 g/mol. The van der Waals surface area contributed by atoms with Crippen molar-refractivity contribution in [3.05, 3.63) is 34.9 Å². The maximum atomic E-state index is 6.09. The van der Waals surface area contributed by atoms with Crippen LogP contribution in [0.2, 0.25) is 5.02 Å². The topological polar surface area (TPSA) is 21.6 Å². The third-order valence-corrected chi connectivity index (χ3v) is 3.85. The van der Waals surface area contributed by atoms with Crippen LogP contribution in [-0.4, -0.2) is 35.1 Å². The number of hydrogen-bond donors (Lipinski definition) is 0. The highest BCUT2D eigenvalue weighted by atomic mass is 35.5. The summed E-state index contributed by atoms with van der Waals surface area (Å²) in [6, 6.07) is 8.02. The van der Waals surface area contributed by atoms with Gasteiger partial charge in [-0.25, -0.2) is 0 Å². The Bertz CT molecular complexity index is 389. The van der Waals surface area contributed by atoms with E-state index in [0.29, 0.717) is 0 Å². The molecule has 0 aromatic heterocycles. The molecule has 2 rings (SSSR count). The van der Waals surface area contributed by atoms with Crippen LogP contribution in [0.3, 0.4) is 0 Å². The Hall–Kier alpha value is -0.293. The van der Waals surface area contributed by atoms with E-state index < -0.39 is 0 Å². The van der Waals surface area contributed by atoms with Gasteiger partial charge >= 0.3 is 0 Å². The summed E-state index contributed by atoms with van der Waals surface area (Å²) in [7, 11) is 0. The van der Waals surface area contributed by atoms with Crippen molar-refractivity contribution in [1.82, 2.24) is 0 Å². The van der Waals surface area contributed by atoms with Gasteiger partial charge in [-0.3, -0.25) is 4.99 Å². The Kier molecular flexibility index (Phi) is 7.66. The smallest absolute Gasteiger partial charge is 0.196 e. The Labute approximate surface area is 122 Å². The number of hydrogen-bond acceptors (Lipinski definition) is 3. The van der Waals surface area contributed by atoms with Crippen molar-refractivity contribution in [3.8, 4) is 0 Å². The number of aryl methyl sites for hydroxylation is 1. The van der Waals surface area contributed by atoms with Crippen LogP contribution in [0.1, 0.15) is 18.4 Å². The molecule has 0 bridgehead atoms. The van der Waals surface area contributed by atoms with E-state index in [0.717, 1.165) is 36.6 Å². The maximum absolute atomic E-state index is 6.09. The molecule has 0 radical (unpaired) electrons. The molecule has 0 fully saturated rings. The molecule has 2 nitrogen and oxygen atoms in total. The highest BCUT2D eigenvalue weighted by Crippen LogP contribution is 2.19. The molecule has 5 heteroatoms. The number of thioether (sulfide) groups is 1. The quantitative estimate of drug-likeness (QED) is 0.594. The average Bonchev–Trinajstić information content (AvgIpc) is 2.84. The molecule has 1 atom stereocenters. The van der Waals surface area contributed by atoms with Gasteiger partial charge < -0.3 is 4.74 Å². The van der Waals surface area contributed by atoms with Gasteiger partial charge in [0.1, 0.15) is 0 Å². The molecule has 1 unspecified atom stereocenters. The molecule has 18 heavy (non-hydrogen) atoms.